The van der Waals surface area contributed by atoms with E-state index in [9.17, 15) is 26.3 Å². The van der Waals surface area contributed by atoms with E-state index in [1.807, 2.05) is 0 Å². The molecule has 0 unspecified atom stereocenters. The third kappa shape index (κ3) is 4.59. The van der Waals surface area contributed by atoms with Crippen molar-refractivity contribution in [2.24, 2.45) is 0 Å². The van der Waals surface area contributed by atoms with Crippen molar-refractivity contribution in [3.05, 3.63) is 52.1 Å². The van der Waals surface area contributed by atoms with E-state index in [1.54, 1.807) is 24.0 Å². The van der Waals surface area contributed by atoms with Crippen molar-refractivity contribution in [3.8, 4) is 11.3 Å². The number of rotatable bonds is 5. The standard InChI is InChI=1S/C22H18F6N6S/c1-3-13-16(21(23,24)25)19(29)33-20(32-13)34(4-2)15-7-8-30-14-9-11(5-6-12(14)15)17-18(22(26,27)28)35-10-31-17/h5-10H,3-4H2,1-2H3,(H2,29,32,33). The average molecular weight is 512 g/mol. The zero-order valence-corrected chi connectivity index (χ0v) is 19.2. The first-order chi connectivity index (χ1) is 16.5. The zero-order valence-electron chi connectivity index (χ0n) is 18.4. The smallest absolute Gasteiger partial charge is 0.383 e. The van der Waals surface area contributed by atoms with E-state index in [2.05, 4.69) is 19.9 Å². The molecule has 0 bridgehead atoms. The van der Waals surface area contributed by atoms with Gasteiger partial charge < -0.3 is 10.6 Å². The highest BCUT2D eigenvalue weighted by atomic mass is 32.1. The van der Waals surface area contributed by atoms with E-state index in [4.69, 9.17) is 5.73 Å². The lowest BCUT2D eigenvalue weighted by Crippen LogP contribution is -2.23. The molecule has 13 heteroatoms. The van der Waals surface area contributed by atoms with Crippen molar-refractivity contribution < 1.29 is 26.3 Å². The number of hydrogen-bond acceptors (Lipinski definition) is 7. The number of nitrogens with zero attached hydrogens (tertiary/aromatic N) is 5. The number of anilines is 3. The highest BCUT2D eigenvalue weighted by Gasteiger charge is 2.38. The molecule has 184 valence electrons. The van der Waals surface area contributed by atoms with E-state index in [0.717, 1.165) is 5.51 Å². The lowest BCUT2D eigenvalue weighted by molar-refractivity contribution is -0.138. The molecule has 0 aliphatic rings. The Morgan fingerprint density at radius 1 is 0.971 bits per heavy atom. The summed E-state index contributed by atoms with van der Waals surface area (Å²) in [5.74, 6) is -0.702. The number of aromatic nitrogens is 4. The fourth-order valence-electron chi connectivity index (χ4n) is 3.79. The molecular weight excluding hydrogens is 494 g/mol. The number of halogens is 6. The van der Waals surface area contributed by atoms with E-state index < -0.39 is 28.6 Å². The Balaban J connectivity index is 1.83. The number of nitrogens with two attached hydrogens (primary N) is 1. The zero-order chi connectivity index (χ0) is 25.5. The maximum atomic E-state index is 13.4. The molecule has 0 spiro atoms. The Bertz CT molecular complexity index is 1380. The van der Waals surface area contributed by atoms with Crippen LogP contribution in [0.25, 0.3) is 22.2 Å². The van der Waals surface area contributed by atoms with Crippen molar-refractivity contribution in [1.82, 2.24) is 19.9 Å². The number of benzene rings is 1. The summed E-state index contributed by atoms with van der Waals surface area (Å²) in [5.41, 5.74) is 6.44. The van der Waals surface area contributed by atoms with Crippen LogP contribution in [0.15, 0.2) is 36.0 Å². The van der Waals surface area contributed by atoms with Gasteiger partial charge in [-0.25, -0.2) is 9.97 Å². The van der Waals surface area contributed by atoms with E-state index in [-0.39, 0.29) is 35.9 Å². The Morgan fingerprint density at radius 3 is 2.34 bits per heavy atom. The second-order valence-electron chi connectivity index (χ2n) is 7.42. The van der Waals surface area contributed by atoms with Crippen molar-refractivity contribution in [2.75, 3.05) is 17.2 Å². The van der Waals surface area contributed by atoms with Crippen LogP contribution in [0.5, 0.6) is 0 Å². The molecule has 4 aromatic rings. The lowest BCUT2D eigenvalue weighted by atomic mass is 10.1. The Labute approximate surface area is 199 Å². The monoisotopic (exact) mass is 512 g/mol. The van der Waals surface area contributed by atoms with Gasteiger partial charge in [-0.05, 0) is 25.5 Å². The largest absolute Gasteiger partial charge is 0.427 e. The minimum Gasteiger partial charge on any atom is -0.383 e. The van der Waals surface area contributed by atoms with Crippen LogP contribution in [0.4, 0.5) is 43.8 Å². The van der Waals surface area contributed by atoms with Crippen LogP contribution in [0.1, 0.15) is 30.0 Å². The summed E-state index contributed by atoms with van der Waals surface area (Å²) in [6.07, 6.45) is -7.81. The van der Waals surface area contributed by atoms with Gasteiger partial charge in [0.2, 0.25) is 5.95 Å². The first kappa shape index (κ1) is 24.6. The first-order valence-electron chi connectivity index (χ1n) is 10.4. The molecular formula is C22H18F6N6S. The Morgan fingerprint density at radius 2 is 1.71 bits per heavy atom. The normalized spacial score (nSPS) is 12.3. The molecule has 0 saturated carbocycles. The number of pyridine rings is 1. The van der Waals surface area contributed by atoms with Gasteiger partial charge in [0, 0.05) is 23.7 Å². The van der Waals surface area contributed by atoms with Gasteiger partial charge in [0.1, 0.15) is 16.3 Å². The number of nitrogen functional groups attached to an aromatic ring is 1. The van der Waals surface area contributed by atoms with Gasteiger partial charge in [-0.3, -0.25) is 4.98 Å². The van der Waals surface area contributed by atoms with Crippen LogP contribution in [-0.4, -0.2) is 26.5 Å². The topological polar surface area (TPSA) is 80.8 Å². The molecule has 0 saturated heterocycles. The molecule has 0 aliphatic heterocycles. The van der Waals surface area contributed by atoms with Crippen molar-refractivity contribution in [2.45, 2.75) is 32.6 Å². The van der Waals surface area contributed by atoms with Gasteiger partial charge in [0.15, 0.2) is 0 Å². The molecule has 3 aromatic heterocycles. The number of hydrogen-bond donors (Lipinski definition) is 1. The highest BCUT2D eigenvalue weighted by molar-refractivity contribution is 7.10. The summed E-state index contributed by atoms with van der Waals surface area (Å²) in [6.45, 7) is 3.57. The third-order valence-electron chi connectivity index (χ3n) is 5.28. The van der Waals surface area contributed by atoms with Gasteiger partial charge in [0.25, 0.3) is 0 Å². The van der Waals surface area contributed by atoms with Crippen LogP contribution >= 0.6 is 11.3 Å². The SMILES string of the molecule is CCc1nc(N(CC)c2ccnc3cc(-c4ncsc4C(F)(F)F)ccc23)nc(N)c1C(F)(F)F. The molecule has 2 N–H and O–H groups in total. The van der Waals surface area contributed by atoms with Crippen LogP contribution < -0.4 is 10.6 Å². The molecule has 4 rings (SSSR count). The van der Waals surface area contributed by atoms with Gasteiger partial charge in [-0.15, -0.1) is 11.3 Å². The fourth-order valence-corrected chi connectivity index (χ4v) is 4.47. The molecule has 0 radical (unpaired) electrons. The summed E-state index contributed by atoms with van der Waals surface area (Å²) < 4.78 is 80.3. The Kier molecular flexibility index (Phi) is 6.30. The lowest BCUT2D eigenvalue weighted by Gasteiger charge is -2.24. The molecule has 6 nitrogen and oxygen atoms in total. The molecule has 3 heterocycles. The predicted octanol–water partition coefficient (Wildman–Crippen LogP) is 6.49. The van der Waals surface area contributed by atoms with Gasteiger partial charge in [0.05, 0.1) is 28.1 Å². The average Bonchev–Trinajstić information content (AvgIpc) is 3.29. The summed E-state index contributed by atoms with van der Waals surface area (Å²) >= 11 is 0.500. The van der Waals surface area contributed by atoms with Gasteiger partial charge >= 0.3 is 12.4 Å². The van der Waals surface area contributed by atoms with Gasteiger partial charge in [-0.2, -0.15) is 31.3 Å². The molecule has 0 amide bonds. The quantitative estimate of drug-likeness (QED) is 0.308. The summed E-state index contributed by atoms with van der Waals surface area (Å²) in [4.78, 5) is 16.9. The second-order valence-corrected chi connectivity index (χ2v) is 8.27. The molecule has 0 atom stereocenters. The molecule has 1 aromatic carbocycles. The molecule has 0 aliphatic carbocycles. The maximum Gasteiger partial charge on any atom is 0.427 e. The fraction of sp³-hybridized carbons (Fsp3) is 0.273. The number of alkyl halides is 6. The Hall–Kier alpha value is -3.48. The molecule has 35 heavy (non-hydrogen) atoms. The predicted molar refractivity (Wildman–Crippen MR) is 121 cm³/mol. The van der Waals surface area contributed by atoms with Crippen LogP contribution in [0.3, 0.4) is 0 Å². The summed E-state index contributed by atoms with van der Waals surface area (Å²) in [7, 11) is 0. The second kappa shape index (κ2) is 8.95. The van der Waals surface area contributed by atoms with E-state index in [0.29, 0.717) is 27.9 Å². The summed E-state index contributed by atoms with van der Waals surface area (Å²) in [6, 6.07) is 6.18. The number of aryl methyl sites for hydroxylation is 1. The van der Waals surface area contributed by atoms with Crippen LogP contribution in [0.2, 0.25) is 0 Å². The van der Waals surface area contributed by atoms with Crippen molar-refractivity contribution in [3.63, 3.8) is 0 Å². The van der Waals surface area contributed by atoms with Crippen molar-refractivity contribution in [1.29, 1.82) is 0 Å². The minimum absolute atomic E-state index is 0.0122. The summed E-state index contributed by atoms with van der Waals surface area (Å²) in [5, 5.41) is 0.544. The highest BCUT2D eigenvalue weighted by Crippen LogP contribution is 2.41. The maximum absolute atomic E-state index is 13.4. The van der Waals surface area contributed by atoms with Crippen LogP contribution in [-0.2, 0) is 18.8 Å². The minimum atomic E-state index is -4.70. The van der Waals surface area contributed by atoms with E-state index >= 15 is 0 Å². The third-order valence-corrected chi connectivity index (χ3v) is 6.16. The van der Waals surface area contributed by atoms with Gasteiger partial charge in [-0.1, -0.05) is 19.1 Å². The number of fused-ring (bicyclic) bond motifs is 1. The molecule has 0 fully saturated rings. The van der Waals surface area contributed by atoms with Crippen molar-refractivity contribution >= 4 is 39.7 Å². The van der Waals surface area contributed by atoms with Crippen LogP contribution in [0, 0.1) is 0 Å². The number of thiazole rings is 1. The first-order valence-corrected chi connectivity index (χ1v) is 11.2. The van der Waals surface area contributed by atoms with E-state index in [1.165, 1.54) is 25.3 Å².